The molecule has 7 nitrogen and oxygen atoms in total. The number of fused-ring (bicyclic) bond motifs is 1. The highest BCUT2D eigenvalue weighted by Crippen LogP contribution is 2.39. The van der Waals surface area contributed by atoms with E-state index in [-0.39, 0.29) is 11.7 Å². The number of halogens is 2. The lowest BCUT2D eigenvalue weighted by Crippen LogP contribution is -2.18. The average molecular weight is 653 g/mol. The molecule has 0 saturated carbocycles. The Morgan fingerprint density at radius 2 is 1.67 bits per heavy atom. The van der Waals surface area contributed by atoms with Crippen LogP contribution in [0.1, 0.15) is 30.9 Å². The number of ether oxygens (including phenoxy) is 1. The van der Waals surface area contributed by atoms with Gasteiger partial charge in [-0.2, -0.15) is 0 Å². The number of carbonyl (C=O) groups is 2. The zero-order valence-corrected chi connectivity index (χ0v) is 24.0. The van der Waals surface area contributed by atoms with Gasteiger partial charge in [-0.1, -0.05) is 70.5 Å². The molecular weight excluding hydrogens is 626 g/mol. The average Bonchev–Trinajstić information content (AvgIpc) is 2.91. The zero-order chi connectivity index (χ0) is 27.8. The van der Waals surface area contributed by atoms with Crippen LogP contribution in [0, 0.1) is 0 Å². The van der Waals surface area contributed by atoms with Gasteiger partial charge in [0, 0.05) is 15.4 Å². The first kappa shape index (κ1) is 28.2. The molecule has 0 aliphatic rings. The van der Waals surface area contributed by atoms with Crippen molar-refractivity contribution in [1.29, 1.82) is 0 Å². The summed E-state index contributed by atoms with van der Waals surface area (Å²) < 4.78 is 7.03. The fraction of sp³-hybridized carbons (Fsp3) is 0.133. The van der Waals surface area contributed by atoms with E-state index in [0.29, 0.717) is 46.4 Å². The molecule has 9 heteroatoms. The maximum Gasteiger partial charge on any atom is 0.412 e. The number of anilines is 3. The molecule has 0 saturated heterocycles. The van der Waals surface area contributed by atoms with E-state index in [0.717, 1.165) is 15.2 Å². The first-order chi connectivity index (χ1) is 18.8. The van der Waals surface area contributed by atoms with Crippen molar-refractivity contribution < 1.29 is 19.4 Å². The largest absolute Gasteiger partial charge is 0.506 e. The molecule has 5 N–H and O–H groups in total. The molecule has 200 valence electrons. The number of hydrogen-bond acceptors (Lipinski definition) is 5. The number of hydrogen-bond donors (Lipinski definition) is 4. The summed E-state index contributed by atoms with van der Waals surface area (Å²) in [7, 11) is 0. The zero-order valence-electron chi connectivity index (χ0n) is 20.9. The number of phenols is 1. The Balaban J connectivity index is 1.43. The molecule has 0 aliphatic carbocycles. The van der Waals surface area contributed by atoms with Crippen molar-refractivity contribution in [2.45, 2.75) is 25.4 Å². The molecule has 4 aromatic carbocycles. The third-order valence-electron chi connectivity index (χ3n) is 6.01. The van der Waals surface area contributed by atoms with Crippen LogP contribution in [0.2, 0.25) is 0 Å². The number of phenolic OH excluding ortho intramolecular Hbond substituents is 1. The summed E-state index contributed by atoms with van der Waals surface area (Å²) in [5.74, 6) is -0.291. The summed E-state index contributed by atoms with van der Waals surface area (Å²) >= 11 is 6.79. The highest BCUT2D eigenvalue weighted by atomic mass is 79.9. The first-order valence-electron chi connectivity index (χ1n) is 12.3. The van der Waals surface area contributed by atoms with Crippen molar-refractivity contribution in [2.24, 2.45) is 0 Å². The molecule has 2 amide bonds. The van der Waals surface area contributed by atoms with Gasteiger partial charge in [0.2, 0.25) is 5.91 Å². The van der Waals surface area contributed by atoms with Gasteiger partial charge in [0.25, 0.3) is 0 Å². The van der Waals surface area contributed by atoms with Gasteiger partial charge in [0.1, 0.15) is 11.9 Å². The van der Waals surface area contributed by atoms with Gasteiger partial charge in [0.05, 0.1) is 21.5 Å². The predicted octanol–water partition coefficient (Wildman–Crippen LogP) is 8.31. The number of nitrogens with two attached hydrogens (primary N) is 1. The number of benzene rings is 4. The van der Waals surface area contributed by atoms with Crippen molar-refractivity contribution in [3.8, 4) is 5.75 Å². The second-order valence-electron chi connectivity index (χ2n) is 8.78. The number of aromatic hydroxyl groups is 1. The van der Waals surface area contributed by atoms with Crippen LogP contribution in [0.3, 0.4) is 0 Å². The van der Waals surface area contributed by atoms with Gasteiger partial charge >= 0.3 is 6.09 Å². The molecule has 0 aliphatic heterocycles. The Morgan fingerprint density at radius 1 is 0.949 bits per heavy atom. The predicted molar refractivity (Wildman–Crippen MR) is 163 cm³/mol. The highest BCUT2D eigenvalue weighted by Gasteiger charge is 2.22. The number of nitrogens with one attached hydrogen (secondary N) is 2. The summed E-state index contributed by atoms with van der Waals surface area (Å²) in [6, 6.07) is 23.8. The van der Waals surface area contributed by atoms with Crippen LogP contribution >= 0.6 is 31.9 Å². The van der Waals surface area contributed by atoms with Gasteiger partial charge in [-0.3, -0.25) is 10.1 Å². The van der Waals surface area contributed by atoms with Gasteiger partial charge in [0.15, 0.2) is 0 Å². The molecule has 0 fully saturated rings. The molecule has 4 aromatic rings. The summed E-state index contributed by atoms with van der Waals surface area (Å²) in [6.45, 7) is 0. The minimum atomic E-state index is -0.736. The van der Waals surface area contributed by atoms with Crippen molar-refractivity contribution in [1.82, 2.24) is 0 Å². The third-order valence-corrected chi connectivity index (χ3v) is 7.07. The Morgan fingerprint density at radius 3 is 2.49 bits per heavy atom. The van der Waals surface area contributed by atoms with Crippen LogP contribution in [-0.2, 0) is 9.53 Å². The Hall–Kier alpha value is -3.82. The number of carbonyl (C=O) groups excluding carboxylic acids is 2. The van der Waals surface area contributed by atoms with Gasteiger partial charge in [-0.25, -0.2) is 4.79 Å². The SMILES string of the molecule is Nc1ccccc1NC(=O)/C=C/CCC[C@@H](OC(=O)Nc1cccc2ccccc12)c1cc(Br)cc(Br)c1O. The molecule has 39 heavy (non-hydrogen) atoms. The lowest BCUT2D eigenvalue weighted by Gasteiger charge is -2.21. The van der Waals surface area contributed by atoms with Crippen molar-refractivity contribution in [2.75, 3.05) is 16.4 Å². The Kier molecular flexibility index (Phi) is 9.62. The lowest BCUT2D eigenvalue weighted by molar-refractivity contribution is -0.111. The van der Waals surface area contributed by atoms with E-state index in [9.17, 15) is 14.7 Å². The number of para-hydroxylation sites is 2. The van der Waals surface area contributed by atoms with Gasteiger partial charge in [-0.15, -0.1) is 0 Å². The topological polar surface area (TPSA) is 114 Å². The van der Waals surface area contributed by atoms with E-state index in [2.05, 4.69) is 42.5 Å². The first-order valence-corrected chi connectivity index (χ1v) is 13.9. The number of amides is 2. The van der Waals surface area contributed by atoms with Crippen LogP contribution in [0.15, 0.2) is 100.0 Å². The number of rotatable bonds is 9. The molecule has 0 radical (unpaired) electrons. The molecule has 0 heterocycles. The van der Waals surface area contributed by atoms with E-state index < -0.39 is 12.2 Å². The maximum absolute atomic E-state index is 13.0. The molecule has 4 rings (SSSR count). The minimum Gasteiger partial charge on any atom is -0.506 e. The van der Waals surface area contributed by atoms with Crippen LogP contribution in [-0.4, -0.2) is 17.1 Å². The third kappa shape index (κ3) is 7.61. The van der Waals surface area contributed by atoms with Crippen LogP contribution in [0.4, 0.5) is 21.9 Å². The van der Waals surface area contributed by atoms with E-state index in [1.807, 2.05) is 42.5 Å². The normalized spacial score (nSPS) is 11.8. The number of unbranched alkanes of at least 4 members (excludes halogenated alkanes) is 1. The lowest BCUT2D eigenvalue weighted by atomic mass is 10.0. The Bertz CT molecular complexity index is 1520. The summed E-state index contributed by atoms with van der Waals surface area (Å²) in [4.78, 5) is 25.2. The van der Waals surface area contributed by atoms with Crippen molar-refractivity contribution >= 4 is 71.7 Å². The van der Waals surface area contributed by atoms with E-state index in [1.54, 1.807) is 42.5 Å². The Labute approximate surface area is 243 Å². The second kappa shape index (κ2) is 13.3. The molecule has 0 spiro atoms. The van der Waals surface area contributed by atoms with E-state index >= 15 is 0 Å². The molecule has 0 aromatic heterocycles. The summed E-state index contributed by atoms with van der Waals surface area (Å²) in [5.41, 5.74) is 8.00. The second-order valence-corrected chi connectivity index (χ2v) is 10.6. The molecule has 0 bridgehead atoms. The van der Waals surface area contributed by atoms with Crippen LogP contribution in [0.5, 0.6) is 5.75 Å². The summed E-state index contributed by atoms with van der Waals surface area (Å²) in [5, 5.41) is 18.2. The van der Waals surface area contributed by atoms with E-state index in [1.165, 1.54) is 6.08 Å². The fourth-order valence-electron chi connectivity index (χ4n) is 4.11. The van der Waals surface area contributed by atoms with E-state index in [4.69, 9.17) is 10.5 Å². The number of allylic oxidation sites excluding steroid dienone is 1. The molecular formula is C30H27Br2N3O4. The standard InChI is InChI=1S/C30H27Br2N3O4/c31-20-17-22(29(37)23(32)18-20)27(15-2-1-3-16-28(36)34-26-13-7-6-12-24(26)33)39-30(38)35-25-14-8-10-19-9-4-5-11-21(19)25/h3-14,16-18,27,37H,1-2,15,33H2,(H,34,36)(H,35,38)/b16-3+/t27-/m1/s1. The quantitative estimate of drug-likeness (QED) is 0.0825. The number of nitrogen functional groups attached to an aromatic ring is 1. The summed E-state index contributed by atoms with van der Waals surface area (Å²) in [6.07, 6.45) is 3.38. The van der Waals surface area contributed by atoms with Gasteiger partial charge in [-0.05, 0) is 77.0 Å². The maximum atomic E-state index is 13.0. The van der Waals surface area contributed by atoms with Crippen LogP contribution < -0.4 is 16.4 Å². The molecule has 1 atom stereocenters. The smallest absolute Gasteiger partial charge is 0.412 e. The fourth-order valence-corrected chi connectivity index (χ4v) is 5.37. The van der Waals surface area contributed by atoms with Crippen molar-refractivity contribution in [3.63, 3.8) is 0 Å². The monoisotopic (exact) mass is 651 g/mol. The van der Waals surface area contributed by atoms with Crippen LogP contribution in [0.25, 0.3) is 10.8 Å². The van der Waals surface area contributed by atoms with Crippen molar-refractivity contribution in [3.05, 3.63) is 106 Å². The van der Waals surface area contributed by atoms with Gasteiger partial charge < -0.3 is 20.9 Å². The minimum absolute atomic E-state index is 0.00321. The highest BCUT2D eigenvalue weighted by molar-refractivity contribution is 9.11. The molecule has 0 unspecified atom stereocenters.